The lowest BCUT2D eigenvalue weighted by Gasteiger charge is -2.04. The van der Waals surface area contributed by atoms with Gasteiger partial charge in [-0.05, 0) is 36.4 Å². The first-order chi connectivity index (χ1) is 16.7. The van der Waals surface area contributed by atoms with E-state index in [-0.39, 0.29) is 0 Å². The van der Waals surface area contributed by atoms with Crippen molar-refractivity contribution in [3.05, 3.63) is 72.6 Å². The summed E-state index contributed by atoms with van der Waals surface area (Å²) in [5.41, 5.74) is 4.17. The van der Waals surface area contributed by atoms with Crippen LogP contribution in [0.4, 0.5) is 5.69 Å². The first kappa shape index (κ1) is 21.2. The van der Waals surface area contributed by atoms with E-state index in [1.54, 1.807) is 49.8 Å². The fourth-order valence-corrected chi connectivity index (χ4v) is 3.38. The minimum Gasteiger partial charge on any atom is -0.491 e. The zero-order valence-electron chi connectivity index (χ0n) is 18.2. The molecule has 168 valence electrons. The second-order valence-electron chi connectivity index (χ2n) is 7.39. The Hall–Kier alpha value is -4.66. The first-order valence-corrected chi connectivity index (χ1v) is 10.5. The Morgan fingerprint density at radius 1 is 1.09 bits per heavy atom. The highest BCUT2D eigenvalue weighted by Gasteiger charge is 2.12. The van der Waals surface area contributed by atoms with Crippen molar-refractivity contribution in [2.45, 2.75) is 0 Å². The lowest BCUT2D eigenvalue weighted by molar-refractivity contribution is 0.0992. The van der Waals surface area contributed by atoms with E-state index in [2.05, 4.69) is 35.1 Å². The molecule has 0 aliphatic heterocycles. The van der Waals surface area contributed by atoms with Crippen LogP contribution in [0.2, 0.25) is 0 Å². The molecule has 5 aromatic rings. The van der Waals surface area contributed by atoms with Crippen LogP contribution in [0.5, 0.6) is 5.75 Å². The van der Waals surface area contributed by atoms with Crippen LogP contribution >= 0.6 is 0 Å². The number of imidazole rings is 1. The quantitative estimate of drug-likeness (QED) is 0.211. The Morgan fingerprint density at radius 2 is 1.97 bits per heavy atom. The smallest absolute Gasteiger partial charge is 0.360 e. The summed E-state index contributed by atoms with van der Waals surface area (Å²) in [5, 5.41) is 8.52. The molecule has 34 heavy (non-hydrogen) atoms. The summed E-state index contributed by atoms with van der Waals surface area (Å²) in [7, 11) is 1.63. The Kier molecular flexibility index (Phi) is 5.89. The van der Waals surface area contributed by atoms with E-state index in [9.17, 15) is 4.79 Å². The number of amides is 1. The Bertz CT molecular complexity index is 1530. The lowest BCUT2D eigenvalue weighted by atomic mass is 10.1. The van der Waals surface area contributed by atoms with E-state index in [0.717, 1.165) is 33.4 Å². The van der Waals surface area contributed by atoms with E-state index in [4.69, 9.17) is 9.47 Å². The molecule has 0 spiro atoms. The number of methoxy groups -OCH3 is 1. The number of hydrogen-bond acceptors (Lipinski definition) is 6. The molecule has 1 amide bonds. The minimum atomic E-state index is -0.492. The molecular weight excluding hydrogens is 434 g/mol. The number of nitrogens with one attached hydrogen (secondary N) is 2. The van der Waals surface area contributed by atoms with E-state index >= 15 is 0 Å². The van der Waals surface area contributed by atoms with Crippen molar-refractivity contribution in [3.63, 3.8) is 0 Å². The van der Waals surface area contributed by atoms with Crippen molar-refractivity contribution in [2.75, 3.05) is 20.3 Å². The van der Waals surface area contributed by atoms with Crippen LogP contribution in [-0.2, 0) is 4.74 Å². The SMILES string of the molecule is COCCOc1ccc2nc(-c3ccc(C(=O)N=[N+]=Nc4cnc5[nH]ccc5c4)cc3)[nH]c2c1. The van der Waals surface area contributed by atoms with Gasteiger partial charge in [-0.2, -0.15) is 0 Å². The fourth-order valence-electron chi connectivity index (χ4n) is 3.38. The van der Waals surface area contributed by atoms with Crippen molar-refractivity contribution in [2.24, 2.45) is 10.2 Å². The minimum absolute atomic E-state index is 0.395. The van der Waals surface area contributed by atoms with E-state index in [0.29, 0.717) is 30.3 Å². The molecule has 5 rings (SSSR count). The second-order valence-corrected chi connectivity index (χ2v) is 7.39. The van der Waals surface area contributed by atoms with Crippen molar-refractivity contribution in [1.82, 2.24) is 24.8 Å². The Labute approximate surface area is 193 Å². The van der Waals surface area contributed by atoms with E-state index in [1.165, 1.54) is 0 Å². The van der Waals surface area contributed by atoms with Crippen LogP contribution in [0, 0.1) is 0 Å². The molecular formula is C24H20N7O3+. The third-order valence-electron chi connectivity index (χ3n) is 5.10. The standard InChI is InChI=1S/C24H19N7O3/c1-33-10-11-34-19-6-7-20-21(13-19)28-23(27-20)15-2-4-16(5-3-15)24(32)30-31-29-18-12-17-8-9-25-22(17)26-14-18/h2-9,12-14H,10-11H2,1H3,(H,27,28,32)/p+1. The number of aromatic amines is 2. The third-order valence-corrected chi connectivity index (χ3v) is 5.10. The molecule has 0 fully saturated rings. The number of carbonyl (C=O) groups excluding carboxylic acids is 1. The molecule has 0 bridgehead atoms. The van der Waals surface area contributed by atoms with Gasteiger partial charge in [0, 0.05) is 35.9 Å². The van der Waals surface area contributed by atoms with Gasteiger partial charge in [0.05, 0.1) is 23.8 Å². The number of rotatable bonds is 7. The van der Waals surface area contributed by atoms with Crippen LogP contribution < -0.4 is 9.65 Å². The van der Waals surface area contributed by atoms with Crippen molar-refractivity contribution >= 4 is 33.7 Å². The van der Waals surface area contributed by atoms with Gasteiger partial charge < -0.3 is 19.4 Å². The molecule has 0 saturated heterocycles. The van der Waals surface area contributed by atoms with Crippen LogP contribution in [0.25, 0.3) is 33.5 Å². The van der Waals surface area contributed by atoms with Crippen LogP contribution in [0.1, 0.15) is 10.4 Å². The van der Waals surface area contributed by atoms with Gasteiger partial charge in [-0.3, -0.25) is 4.79 Å². The van der Waals surface area contributed by atoms with Crippen LogP contribution in [-0.4, -0.2) is 46.2 Å². The monoisotopic (exact) mass is 454 g/mol. The summed E-state index contributed by atoms with van der Waals surface area (Å²) < 4.78 is 10.6. The molecule has 2 aromatic carbocycles. The summed E-state index contributed by atoms with van der Waals surface area (Å²) in [6, 6.07) is 16.3. The molecule has 2 N–H and O–H groups in total. The summed E-state index contributed by atoms with van der Waals surface area (Å²) in [4.78, 5) is 31.1. The number of carbonyl (C=O) groups is 1. The zero-order chi connectivity index (χ0) is 23.3. The number of aromatic nitrogens is 4. The summed E-state index contributed by atoms with van der Waals surface area (Å²) >= 11 is 0. The van der Waals surface area contributed by atoms with Gasteiger partial charge in [0.1, 0.15) is 23.8 Å². The predicted molar refractivity (Wildman–Crippen MR) is 126 cm³/mol. The van der Waals surface area contributed by atoms with Crippen molar-refractivity contribution in [1.29, 1.82) is 0 Å². The fraction of sp³-hybridized carbons (Fsp3) is 0.125. The number of nitrogens with zero attached hydrogens (tertiary/aromatic N) is 5. The molecule has 0 radical (unpaired) electrons. The maximum absolute atomic E-state index is 12.4. The molecule has 10 heteroatoms. The molecule has 0 unspecified atom stereocenters. The molecule has 0 atom stereocenters. The first-order valence-electron chi connectivity index (χ1n) is 10.5. The molecule has 10 nitrogen and oxygen atoms in total. The number of benzene rings is 2. The van der Waals surface area contributed by atoms with Crippen LogP contribution in [0.15, 0.2) is 77.2 Å². The second kappa shape index (κ2) is 9.45. The highest BCUT2D eigenvalue weighted by Crippen LogP contribution is 2.24. The Balaban J connectivity index is 1.29. The Morgan fingerprint density at radius 3 is 2.82 bits per heavy atom. The van der Waals surface area contributed by atoms with E-state index < -0.39 is 5.91 Å². The topological polar surface area (TPSA) is 132 Å². The van der Waals surface area contributed by atoms with Gasteiger partial charge >= 0.3 is 5.91 Å². The molecule has 3 heterocycles. The average molecular weight is 454 g/mol. The number of hydrogen-bond donors (Lipinski definition) is 2. The maximum Gasteiger partial charge on any atom is 0.360 e. The maximum atomic E-state index is 12.4. The number of fused-ring (bicyclic) bond motifs is 2. The number of ether oxygens (including phenoxy) is 2. The van der Waals surface area contributed by atoms with Crippen molar-refractivity contribution < 1.29 is 14.3 Å². The molecule has 3 aromatic heterocycles. The van der Waals surface area contributed by atoms with Gasteiger partial charge in [-0.25, -0.2) is 9.97 Å². The van der Waals surface area contributed by atoms with Gasteiger partial charge in [0.25, 0.3) is 0 Å². The highest BCUT2D eigenvalue weighted by molar-refractivity contribution is 5.95. The molecule has 0 saturated carbocycles. The largest absolute Gasteiger partial charge is 0.491 e. The normalized spacial score (nSPS) is 10.9. The van der Waals surface area contributed by atoms with Gasteiger partial charge in [-0.1, -0.05) is 12.1 Å². The van der Waals surface area contributed by atoms with Gasteiger partial charge in [0.15, 0.2) is 10.8 Å². The lowest BCUT2D eigenvalue weighted by Crippen LogP contribution is -2.03. The van der Waals surface area contributed by atoms with Crippen molar-refractivity contribution in [3.8, 4) is 17.1 Å². The predicted octanol–water partition coefficient (Wildman–Crippen LogP) is 4.57. The average Bonchev–Trinajstić information content (AvgIpc) is 3.50. The van der Waals surface area contributed by atoms with Crippen LogP contribution in [0.3, 0.4) is 0 Å². The zero-order valence-corrected chi connectivity index (χ0v) is 18.2. The number of H-pyrrole nitrogens is 2. The van der Waals surface area contributed by atoms with E-state index in [1.807, 2.05) is 24.3 Å². The number of pyridine rings is 1. The van der Waals surface area contributed by atoms with Gasteiger partial charge in [0.2, 0.25) is 10.0 Å². The highest BCUT2D eigenvalue weighted by atomic mass is 16.5. The molecule has 0 aliphatic carbocycles. The molecule has 0 aliphatic rings. The van der Waals surface area contributed by atoms with Gasteiger partial charge in [-0.15, -0.1) is 0 Å². The summed E-state index contributed by atoms with van der Waals surface area (Å²) in [6.07, 6.45) is 3.34. The summed E-state index contributed by atoms with van der Waals surface area (Å²) in [5.74, 6) is 0.932. The third kappa shape index (κ3) is 4.58. The summed E-state index contributed by atoms with van der Waals surface area (Å²) in [6.45, 7) is 0.994.